The van der Waals surface area contributed by atoms with Crippen LogP contribution in [0.4, 0.5) is 11.4 Å². The lowest BCUT2D eigenvalue weighted by molar-refractivity contribution is -0.384. The molecule has 0 aliphatic carbocycles. The number of hydrazone groups is 1. The third-order valence-electron chi connectivity index (χ3n) is 3.09. The predicted octanol–water partition coefficient (Wildman–Crippen LogP) is 4.16. The molecule has 2 aromatic carbocycles. The summed E-state index contributed by atoms with van der Waals surface area (Å²) in [6, 6.07) is 14.3. The number of hydrogen-bond acceptors (Lipinski definition) is 4. The van der Waals surface area contributed by atoms with E-state index in [2.05, 4.69) is 36.5 Å². The van der Waals surface area contributed by atoms with Crippen LogP contribution in [0.15, 0.2) is 53.6 Å². The lowest BCUT2D eigenvalue weighted by Gasteiger charge is -2.04. The van der Waals surface area contributed by atoms with Crippen molar-refractivity contribution in [3.8, 4) is 0 Å². The van der Waals surface area contributed by atoms with Gasteiger partial charge in [0.15, 0.2) is 0 Å². The zero-order valence-electron chi connectivity index (χ0n) is 12.0. The summed E-state index contributed by atoms with van der Waals surface area (Å²) < 4.78 is 0. The van der Waals surface area contributed by atoms with Gasteiger partial charge in [0.1, 0.15) is 0 Å². The first-order chi connectivity index (χ1) is 10.1. The Kier molecular flexibility index (Phi) is 4.66. The van der Waals surface area contributed by atoms with E-state index in [-0.39, 0.29) is 5.69 Å². The Hall–Kier alpha value is -2.69. The number of nitro benzene ring substituents is 1. The molecule has 0 fully saturated rings. The van der Waals surface area contributed by atoms with Gasteiger partial charge >= 0.3 is 0 Å². The van der Waals surface area contributed by atoms with Crippen LogP contribution in [-0.2, 0) is 0 Å². The average molecular weight is 283 g/mol. The fraction of sp³-hybridized carbons (Fsp3) is 0.188. The van der Waals surface area contributed by atoms with E-state index in [1.165, 1.54) is 17.7 Å². The van der Waals surface area contributed by atoms with Gasteiger partial charge in [0.05, 0.1) is 16.8 Å². The molecule has 21 heavy (non-hydrogen) atoms. The number of anilines is 1. The van der Waals surface area contributed by atoms with Crippen LogP contribution in [0.2, 0.25) is 0 Å². The van der Waals surface area contributed by atoms with Crippen LogP contribution >= 0.6 is 0 Å². The molecule has 2 rings (SSSR count). The molecule has 0 saturated heterocycles. The maximum atomic E-state index is 10.5. The lowest BCUT2D eigenvalue weighted by Crippen LogP contribution is -1.93. The Morgan fingerprint density at radius 2 is 1.71 bits per heavy atom. The first-order valence-electron chi connectivity index (χ1n) is 6.70. The normalized spacial score (nSPS) is 11.0. The van der Waals surface area contributed by atoms with Crippen molar-refractivity contribution in [1.29, 1.82) is 0 Å². The third kappa shape index (κ3) is 4.14. The van der Waals surface area contributed by atoms with Crippen molar-refractivity contribution in [2.45, 2.75) is 19.8 Å². The van der Waals surface area contributed by atoms with Gasteiger partial charge in [-0.25, -0.2) is 0 Å². The predicted molar refractivity (Wildman–Crippen MR) is 84.8 cm³/mol. The van der Waals surface area contributed by atoms with Crippen molar-refractivity contribution < 1.29 is 4.92 Å². The van der Waals surface area contributed by atoms with Gasteiger partial charge in [0.25, 0.3) is 5.69 Å². The van der Waals surface area contributed by atoms with Crippen molar-refractivity contribution in [2.75, 3.05) is 5.43 Å². The number of hydrogen-bond donors (Lipinski definition) is 1. The summed E-state index contributed by atoms with van der Waals surface area (Å²) in [4.78, 5) is 10.1. The number of nitro groups is 1. The van der Waals surface area contributed by atoms with Crippen molar-refractivity contribution >= 4 is 17.6 Å². The average Bonchev–Trinajstić information content (AvgIpc) is 2.48. The molecule has 0 amide bonds. The minimum atomic E-state index is -0.427. The van der Waals surface area contributed by atoms with E-state index in [9.17, 15) is 10.1 Å². The summed E-state index contributed by atoms with van der Waals surface area (Å²) in [5.41, 5.74) is 5.89. The fourth-order valence-corrected chi connectivity index (χ4v) is 1.81. The van der Waals surface area contributed by atoms with Crippen LogP contribution in [0.1, 0.15) is 30.9 Å². The van der Waals surface area contributed by atoms with Gasteiger partial charge in [-0.1, -0.05) is 38.1 Å². The van der Waals surface area contributed by atoms with Crippen LogP contribution in [0.5, 0.6) is 0 Å². The Balaban J connectivity index is 1.97. The molecule has 2 aromatic rings. The number of rotatable bonds is 5. The second-order valence-electron chi connectivity index (χ2n) is 5.00. The summed E-state index contributed by atoms with van der Waals surface area (Å²) >= 11 is 0. The van der Waals surface area contributed by atoms with Crippen molar-refractivity contribution in [2.24, 2.45) is 5.10 Å². The zero-order chi connectivity index (χ0) is 15.2. The molecule has 0 saturated carbocycles. The molecule has 1 N–H and O–H groups in total. The summed E-state index contributed by atoms with van der Waals surface area (Å²) in [6.07, 6.45) is 1.71. The maximum absolute atomic E-state index is 10.5. The van der Waals surface area contributed by atoms with E-state index in [0.29, 0.717) is 11.6 Å². The summed E-state index contributed by atoms with van der Waals surface area (Å²) in [5, 5.41) is 14.7. The number of nitrogens with zero attached hydrogens (tertiary/aromatic N) is 2. The number of benzene rings is 2. The molecule has 5 heteroatoms. The topological polar surface area (TPSA) is 67.5 Å². The van der Waals surface area contributed by atoms with Gasteiger partial charge in [-0.15, -0.1) is 0 Å². The van der Waals surface area contributed by atoms with Crippen LogP contribution in [0.3, 0.4) is 0 Å². The number of non-ortho nitro benzene ring substituents is 1. The quantitative estimate of drug-likeness (QED) is 0.509. The minimum absolute atomic E-state index is 0.0637. The maximum Gasteiger partial charge on any atom is 0.269 e. The van der Waals surface area contributed by atoms with Crippen molar-refractivity contribution in [3.63, 3.8) is 0 Å². The molecule has 0 aliphatic heterocycles. The van der Waals surface area contributed by atoms with E-state index in [0.717, 1.165) is 5.56 Å². The van der Waals surface area contributed by atoms with Crippen molar-refractivity contribution in [3.05, 3.63) is 69.8 Å². The number of nitrogens with one attached hydrogen (secondary N) is 1. The molecule has 0 spiro atoms. The van der Waals surface area contributed by atoms with E-state index >= 15 is 0 Å². The van der Waals surface area contributed by atoms with E-state index < -0.39 is 4.92 Å². The van der Waals surface area contributed by atoms with Crippen molar-refractivity contribution in [1.82, 2.24) is 0 Å². The Morgan fingerprint density at radius 1 is 1.10 bits per heavy atom. The first-order valence-corrected chi connectivity index (χ1v) is 6.70. The Morgan fingerprint density at radius 3 is 2.24 bits per heavy atom. The van der Waals surface area contributed by atoms with Crippen LogP contribution in [0, 0.1) is 10.1 Å². The molecule has 5 nitrogen and oxygen atoms in total. The van der Waals surface area contributed by atoms with E-state index in [4.69, 9.17) is 0 Å². The van der Waals surface area contributed by atoms with Gasteiger partial charge in [0.2, 0.25) is 0 Å². The summed E-state index contributed by atoms with van der Waals surface area (Å²) in [7, 11) is 0. The molecule has 0 bridgehead atoms. The highest BCUT2D eigenvalue weighted by Gasteiger charge is 2.02. The van der Waals surface area contributed by atoms with Gasteiger partial charge < -0.3 is 0 Å². The monoisotopic (exact) mass is 283 g/mol. The standard InChI is InChI=1S/C16H17N3O2/c1-12(2)14-5-3-13(4-6-14)11-17-18-15-7-9-16(10-8-15)19(20)21/h3-12,18H,1-2H3/b17-11-. The summed E-state index contributed by atoms with van der Waals surface area (Å²) in [6.45, 7) is 4.30. The molecular weight excluding hydrogens is 266 g/mol. The second-order valence-corrected chi connectivity index (χ2v) is 5.00. The first kappa shape index (κ1) is 14.7. The molecule has 0 heterocycles. The van der Waals surface area contributed by atoms with Gasteiger partial charge in [-0.05, 0) is 29.2 Å². The molecule has 0 aliphatic rings. The highest BCUT2D eigenvalue weighted by molar-refractivity contribution is 5.80. The molecule has 0 unspecified atom stereocenters. The fourth-order valence-electron chi connectivity index (χ4n) is 1.81. The van der Waals surface area contributed by atoms with Crippen LogP contribution in [-0.4, -0.2) is 11.1 Å². The SMILES string of the molecule is CC(C)c1ccc(/C=N\Nc2ccc([N+](=O)[O-])cc2)cc1. The summed E-state index contributed by atoms with van der Waals surface area (Å²) in [5.74, 6) is 0.509. The zero-order valence-corrected chi connectivity index (χ0v) is 12.0. The van der Waals surface area contributed by atoms with Crippen LogP contribution in [0.25, 0.3) is 0 Å². The molecule has 0 radical (unpaired) electrons. The molecule has 0 aromatic heterocycles. The van der Waals surface area contributed by atoms with E-state index in [1.54, 1.807) is 18.3 Å². The molecule has 108 valence electrons. The smallest absolute Gasteiger partial charge is 0.269 e. The molecule has 0 atom stereocenters. The minimum Gasteiger partial charge on any atom is -0.278 e. The highest BCUT2D eigenvalue weighted by atomic mass is 16.6. The van der Waals surface area contributed by atoms with Crippen LogP contribution < -0.4 is 5.43 Å². The highest BCUT2D eigenvalue weighted by Crippen LogP contribution is 2.16. The third-order valence-corrected chi connectivity index (χ3v) is 3.09. The van der Waals surface area contributed by atoms with Gasteiger partial charge in [-0.2, -0.15) is 5.10 Å². The second kappa shape index (κ2) is 6.65. The van der Waals surface area contributed by atoms with Gasteiger partial charge in [-0.3, -0.25) is 15.5 Å². The van der Waals surface area contributed by atoms with Gasteiger partial charge in [0, 0.05) is 12.1 Å². The Labute approximate surface area is 123 Å². The Bertz CT molecular complexity index is 632. The molecular formula is C16H17N3O2. The lowest BCUT2D eigenvalue weighted by atomic mass is 10.0. The van der Waals surface area contributed by atoms with E-state index in [1.807, 2.05) is 12.1 Å². The largest absolute Gasteiger partial charge is 0.278 e.